The second-order valence-electron chi connectivity index (χ2n) is 5.82. The van der Waals surface area contributed by atoms with Crippen molar-refractivity contribution in [3.8, 4) is 0 Å². The van der Waals surface area contributed by atoms with Crippen molar-refractivity contribution in [2.45, 2.75) is 19.4 Å². The van der Waals surface area contributed by atoms with Gasteiger partial charge in [-0.2, -0.15) is 12.7 Å². The molecule has 128 valence electrons. The maximum atomic E-state index is 12.2. The number of hydrogen-bond acceptors (Lipinski definition) is 5. The molecule has 24 heavy (non-hydrogen) atoms. The van der Waals surface area contributed by atoms with E-state index in [-0.39, 0.29) is 31.6 Å². The van der Waals surface area contributed by atoms with Gasteiger partial charge in [0.05, 0.1) is 11.4 Å². The molecular weight excluding hydrogens is 330 g/mol. The number of fused-ring (bicyclic) bond motifs is 1. The lowest BCUT2D eigenvalue weighted by atomic mass is 9.98. The van der Waals surface area contributed by atoms with Gasteiger partial charge in [0.2, 0.25) is 0 Å². The Morgan fingerprint density at radius 2 is 1.96 bits per heavy atom. The lowest BCUT2D eigenvalue weighted by Crippen LogP contribution is -2.43. The number of ether oxygens (including phenoxy) is 1. The van der Waals surface area contributed by atoms with Crippen LogP contribution >= 0.6 is 0 Å². The van der Waals surface area contributed by atoms with Crippen molar-refractivity contribution in [3.05, 3.63) is 42.1 Å². The van der Waals surface area contributed by atoms with Gasteiger partial charge in [-0.1, -0.05) is 24.3 Å². The first-order valence-corrected chi connectivity index (χ1v) is 9.22. The third kappa shape index (κ3) is 3.72. The number of carbonyl (C=O) groups excluding carboxylic acids is 1. The Balaban J connectivity index is 1.60. The van der Waals surface area contributed by atoms with Crippen LogP contribution < -0.4 is 5.14 Å². The molecule has 8 heteroatoms. The number of pyridine rings is 1. The number of rotatable bonds is 4. The second-order valence-corrected chi connectivity index (χ2v) is 7.36. The molecular formula is C16H19N3O4S. The highest BCUT2D eigenvalue weighted by Crippen LogP contribution is 2.22. The molecule has 1 aliphatic rings. The SMILES string of the molecule is NS(=O)(=O)N1CCC(C(=O)OCc2cccc3cccnc23)CC1. The number of benzene rings is 1. The van der Waals surface area contributed by atoms with Crippen molar-refractivity contribution in [1.29, 1.82) is 0 Å². The summed E-state index contributed by atoms with van der Waals surface area (Å²) >= 11 is 0. The van der Waals surface area contributed by atoms with E-state index < -0.39 is 10.2 Å². The van der Waals surface area contributed by atoms with E-state index in [1.54, 1.807) is 6.20 Å². The van der Waals surface area contributed by atoms with Gasteiger partial charge < -0.3 is 4.74 Å². The van der Waals surface area contributed by atoms with Crippen LogP contribution in [0.25, 0.3) is 10.9 Å². The highest BCUT2D eigenvalue weighted by atomic mass is 32.2. The number of esters is 1. The van der Waals surface area contributed by atoms with E-state index in [0.717, 1.165) is 16.5 Å². The predicted octanol–water partition coefficient (Wildman–Crippen LogP) is 1.19. The summed E-state index contributed by atoms with van der Waals surface area (Å²) in [6.07, 6.45) is 2.54. The van der Waals surface area contributed by atoms with Gasteiger partial charge in [0.15, 0.2) is 0 Å². The first kappa shape index (κ1) is 16.8. The van der Waals surface area contributed by atoms with Crippen molar-refractivity contribution >= 4 is 27.1 Å². The zero-order valence-corrected chi connectivity index (χ0v) is 13.9. The molecule has 0 aliphatic carbocycles. The molecule has 1 saturated heterocycles. The van der Waals surface area contributed by atoms with Gasteiger partial charge in [-0.3, -0.25) is 9.78 Å². The fourth-order valence-corrected chi connectivity index (χ4v) is 3.62. The Bertz CT molecular complexity index is 840. The maximum absolute atomic E-state index is 12.2. The molecule has 0 unspecified atom stereocenters. The minimum absolute atomic E-state index is 0.155. The number of piperidine rings is 1. The van der Waals surface area contributed by atoms with Crippen molar-refractivity contribution in [1.82, 2.24) is 9.29 Å². The number of nitrogens with zero attached hydrogens (tertiary/aromatic N) is 2. The number of carbonyl (C=O) groups is 1. The van der Waals surface area contributed by atoms with Crippen LogP contribution in [0.15, 0.2) is 36.5 Å². The number of hydrogen-bond donors (Lipinski definition) is 1. The van der Waals surface area contributed by atoms with Crippen LogP contribution in [0.1, 0.15) is 18.4 Å². The molecule has 2 heterocycles. The summed E-state index contributed by atoms with van der Waals surface area (Å²) in [5.41, 5.74) is 1.67. The minimum Gasteiger partial charge on any atom is -0.461 e. The molecule has 7 nitrogen and oxygen atoms in total. The first-order valence-electron chi connectivity index (χ1n) is 7.72. The van der Waals surface area contributed by atoms with Crippen LogP contribution in [0, 0.1) is 5.92 Å². The van der Waals surface area contributed by atoms with E-state index >= 15 is 0 Å². The average Bonchev–Trinajstić information content (AvgIpc) is 2.59. The Morgan fingerprint density at radius 1 is 1.25 bits per heavy atom. The Morgan fingerprint density at radius 3 is 2.67 bits per heavy atom. The lowest BCUT2D eigenvalue weighted by Gasteiger charge is -2.28. The summed E-state index contributed by atoms with van der Waals surface area (Å²) in [4.78, 5) is 16.6. The minimum atomic E-state index is -3.68. The third-order valence-corrected chi connectivity index (χ3v) is 5.32. The van der Waals surface area contributed by atoms with Crippen LogP contribution in [-0.2, 0) is 26.3 Å². The van der Waals surface area contributed by atoms with E-state index in [4.69, 9.17) is 9.88 Å². The molecule has 3 rings (SSSR count). The fourth-order valence-electron chi connectivity index (χ4n) is 2.90. The fraction of sp³-hybridized carbons (Fsp3) is 0.375. The number of aromatic nitrogens is 1. The molecule has 2 N–H and O–H groups in total. The van der Waals surface area contributed by atoms with E-state index in [1.165, 1.54) is 4.31 Å². The van der Waals surface area contributed by atoms with Crippen molar-refractivity contribution < 1.29 is 17.9 Å². The zero-order chi connectivity index (χ0) is 17.2. The second kappa shape index (κ2) is 6.84. The van der Waals surface area contributed by atoms with Crippen LogP contribution in [0.3, 0.4) is 0 Å². The van der Waals surface area contributed by atoms with Gasteiger partial charge in [-0.25, -0.2) is 5.14 Å². The molecule has 1 aromatic carbocycles. The van der Waals surface area contributed by atoms with E-state index in [2.05, 4.69) is 4.98 Å². The van der Waals surface area contributed by atoms with Crippen molar-refractivity contribution in [2.24, 2.45) is 11.1 Å². The molecule has 0 spiro atoms. The topological polar surface area (TPSA) is 103 Å². The summed E-state index contributed by atoms with van der Waals surface area (Å²) in [5, 5.41) is 6.09. The zero-order valence-electron chi connectivity index (χ0n) is 13.1. The van der Waals surface area contributed by atoms with E-state index in [0.29, 0.717) is 12.8 Å². The van der Waals surface area contributed by atoms with Crippen molar-refractivity contribution in [2.75, 3.05) is 13.1 Å². The molecule has 0 bridgehead atoms. The van der Waals surface area contributed by atoms with Crippen LogP contribution in [0.5, 0.6) is 0 Å². The van der Waals surface area contributed by atoms with Crippen molar-refractivity contribution in [3.63, 3.8) is 0 Å². The van der Waals surface area contributed by atoms with Gasteiger partial charge in [0.1, 0.15) is 6.61 Å². The molecule has 1 aliphatic heterocycles. The van der Waals surface area contributed by atoms with Gasteiger partial charge in [-0.05, 0) is 18.9 Å². The molecule has 0 amide bonds. The predicted molar refractivity (Wildman–Crippen MR) is 88.9 cm³/mol. The molecule has 0 saturated carbocycles. The van der Waals surface area contributed by atoms with Gasteiger partial charge in [-0.15, -0.1) is 0 Å². The van der Waals surface area contributed by atoms with Gasteiger partial charge in [0.25, 0.3) is 10.2 Å². The Labute approximate surface area is 140 Å². The third-order valence-electron chi connectivity index (χ3n) is 4.23. The largest absolute Gasteiger partial charge is 0.461 e. The Hall–Kier alpha value is -2.03. The van der Waals surface area contributed by atoms with Crippen LogP contribution in [0.2, 0.25) is 0 Å². The summed E-state index contributed by atoms with van der Waals surface area (Å²) in [5.74, 6) is -0.608. The first-order chi connectivity index (χ1) is 11.4. The molecule has 1 fully saturated rings. The Kier molecular flexibility index (Phi) is 4.79. The summed E-state index contributed by atoms with van der Waals surface area (Å²) in [6, 6.07) is 9.55. The van der Waals surface area contributed by atoms with E-state index in [9.17, 15) is 13.2 Å². The summed E-state index contributed by atoms with van der Waals surface area (Å²) in [6.45, 7) is 0.644. The molecule has 1 aromatic heterocycles. The summed E-state index contributed by atoms with van der Waals surface area (Å²) in [7, 11) is -3.68. The summed E-state index contributed by atoms with van der Waals surface area (Å²) < 4.78 is 29.2. The van der Waals surface area contributed by atoms with Gasteiger partial charge in [0, 0.05) is 30.2 Å². The quantitative estimate of drug-likeness (QED) is 0.835. The monoisotopic (exact) mass is 349 g/mol. The molecule has 2 aromatic rings. The smallest absolute Gasteiger partial charge is 0.309 e. The van der Waals surface area contributed by atoms with Gasteiger partial charge >= 0.3 is 5.97 Å². The molecule has 0 atom stereocenters. The normalized spacial score (nSPS) is 17.0. The van der Waals surface area contributed by atoms with E-state index in [1.807, 2.05) is 30.3 Å². The lowest BCUT2D eigenvalue weighted by molar-refractivity contribution is -0.151. The number of para-hydroxylation sites is 1. The highest BCUT2D eigenvalue weighted by Gasteiger charge is 2.30. The standard InChI is InChI=1S/C16H19N3O4S/c17-24(21,22)19-9-6-13(7-10-19)16(20)23-11-14-4-1-3-12-5-2-8-18-15(12)14/h1-5,8,13H,6-7,9-11H2,(H2,17,21,22). The maximum Gasteiger partial charge on any atom is 0.309 e. The number of nitrogens with two attached hydrogens (primary N) is 1. The van der Waals surface area contributed by atoms with Crippen LogP contribution in [0.4, 0.5) is 0 Å². The van der Waals surface area contributed by atoms with Crippen LogP contribution in [-0.4, -0.2) is 36.8 Å². The molecule has 0 radical (unpaired) electrons. The average molecular weight is 349 g/mol. The highest BCUT2D eigenvalue weighted by molar-refractivity contribution is 7.86.